The average Bonchev–Trinajstić information content (AvgIpc) is 2.28. The third kappa shape index (κ3) is 2.20. The first kappa shape index (κ1) is 11.0. The summed E-state index contributed by atoms with van der Waals surface area (Å²) in [5.74, 6) is -1.77. The number of aromatic nitrogens is 2. The quantitative estimate of drug-likeness (QED) is 0.819. The summed E-state index contributed by atoms with van der Waals surface area (Å²) >= 11 is 0. The molecule has 1 heterocycles. The highest BCUT2D eigenvalue weighted by molar-refractivity contribution is 5.85. The molecule has 0 radical (unpaired) electrons. The van der Waals surface area contributed by atoms with E-state index in [1.54, 1.807) is 0 Å². The number of carboxylic acid groups (broad SMARTS) is 1. The first-order valence-corrected chi connectivity index (χ1v) is 4.66. The lowest BCUT2D eigenvalue weighted by molar-refractivity contribution is 0.0689. The Morgan fingerprint density at radius 1 is 1.41 bits per heavy atom. The van der Waals surface area contributed by atoms with E-state index in [4.69, 9.17) is 5.11 Å². The van der Waals surface area contributed by atoms with Crippen LogP contribution >= 0.6 is 0 Å². The molecule has 0 saturated heterocycles. The Kier molecular flexibility index (Phi) is 2.70. The van der Waals surface area contributed by atoms with Crippen LogP contribution in [0.4, 0.5) is 4.39 Å². The highest BCUT2D eigenvalue weighted by Gasteiger charge is 2.10. The van der Waals surface area contributed by atoms with Crippen molar-refractivity contribution >= 4 is 5.97 Å². The van der Waals surface area contributed by atoms with Gasteiger partial charge in [-0.1, -0.05) is 12.1 Å². The number of nitrogens with one attached hydrogen (secondary N) is 1. The molecule has 2 aromatic rings. The van der Waals surface area contributed by atoms with Crippen molar-refractivity contribution in [2.24, 2.45) is 0 Å². The summed E-state index contributed by atoms with van der Waals surface area (Å²) in [5, 5.41) is 8.64. The maximum Gasteiger partial charge on any atom is 0.354 e. The van der Waals surface area contributed by atoms with Crippen LogP contribution in [0.1, 0.15) is 10.5 Å². The summed E-state index contributed by atoms with van der Waals surface area (Å²) in [4.78, 5) is 28.0. The van der Waals surface area contributed by atoms with Gasteiger partial charge in [-0.2, -0.15) is 0 Å². The molecule has 0 unspecified atom stereocenters. The van der Waals surface area contributed by atoms with E-state index in [-0.39, 0.29) is 11.4 Å². The normalized spacial score (nSPS) is 10.2. The van der Waals surface area contributed by atoms with Crippen molar-refractivity contribution in [2.75, 3.05) is 0 Å². The summed E-state index contributed by atoms with van der Waals surface area (Å²) in [7, 11) is 0. The van der Waals surface area contributed by atoms with Gasteiger partial charge in [0.2, 0.25) is 0 Å². The molecule has 0 aliphatic heterocycles. The van der Waals surface area contributed by atoms with Gasteiger partial charge in [-0.15, -0.1) is 0 Å². The van der Waals surface area contributed by atoms with Crippen molar-refractivity contribution in [1.82, 2.24) is 9.97 Å². The third-order valence-electron chi connectivity index (χ3n) is 2.11. The van der Waals surface area contributed by atoms with E-state index in [2.05, 4.69) is 9.97 Å². The molecule has 0 fully saturated rings. The molecular weight excluding hydrogens is 227 g/mol. The van der Waals surface area contributed by atoms with Gasteiger partial charge in [0.25, 0.3) is 5.56 Å². The second-order valence-corrected chi connectivity index (χ2v) is 3.29. The van der Waals surface area contributed by atoms with E-state index >= 15 is 0 Å². The summed E-state index contributed by atoms with van der Waals surface area (Å²) in [5.41, 5.74) is -0.705. The molecule has 17 heavy (non-hydrogen) atoms. The van der Waals surface area contributed by atoms with Gasteiger partial charge in [-0.3, -0.25) is 4.79 Å². The molecule has 2 rings (SSSR count). The molecule has 2 N–H and O–H groups in total. The van der Waals surface area contributed by atoms with Gasteiger partial charge in [-0.25, -0.2) is 14.2 Å². The lowest BCUT2D eigenvalue weighted by atomic mass is 10.1. The minimum atomic E-state index is -1.28. The minimum Gasteiger partial charge on any atom is -0.477 e. The number of benzene rings is 1. The van der Waals surface area contributed by atoms with Crippen molar-refractivity contribution in [3.05, 3.63) is 52.3 Å². The molecule has 0 aliphatic rings. The second kappa shape index (κ2) is 4.17. The molecule has 86 valence electrons. The molecular formula is C11H7FN2O3. The fraction of sp³-hybridized carbons (Fsp3) is 0. The number of aromatic carboxylic acids is 1. The highest BCUT2D eigenvalue weighted by Crippen LogP contribution is 2.13. The number of hydrogen-bond acceptors (Lipinski definition) is 3. The van der Waals surface area contributed by atoms with Gasteiger partial charge in [0.05, 0.1) is 6.20 Å². The lowest BCUT2D eigenvalue weighted by Gasteiger charge is -2.00. The van der Waals surface area contributed by atoms with Crippen LogP contribution in [-0.2, 0) is 0 Å². The van der Waals surface area contributed by atoms with Crippen molar-refractivity contribution in [1.29, 1.82) is 0 Å². The smallest absolute Gasteiger partial charge is 0.354 e. The van der Waals surface area contributed by atoms with E-state index in [1.807, 2.05) is 0 Å². The van der Waals surface area contributed by atoms with E-state index in [9.17, 15) is 14.0 Å². The van der Waals surface area contributed by atoms with Gasteiger partial charge >= 0.3 is 5.97 Å². The second-order valence-electron chi connectivity index (χ2n) is 3.29. The van der Waals surface area contributed by atoms with Crippen LogP contribution in [0.25, 0.3) is 11.3 Å². The molecule has 0 saturated carbocycles. The number of carbonyl (C=O) groups is 1. The van der Waals surface area contributed by atoms with Crippen LogP contribution in [0.3, 0.4) is 0 Å². The number of hydrogen-bond donors (Lipinski definition) is 2. The van der Waals surface area contributed by atoms with E-state index < -0.39 is 17.3 Å². The van der Waals surface area contributed by atoms with Gasteiger partial charge in [0, 0.05) is 5.56 Å². The lowest BCUT2D eigenvalue weighted by Crippen LogP contribution is -2.16. The number of carboxylic acids is 1. The summed E-state index contributed by atoms with van der Waals surface area (Å²) in [6.07, 6.45) is 1.02. The minimum absolute atomic E-state index is 0.0190. The Labute approximate surface area is 94.6 Å². The van der Waals surface area contributed by atoms with E-state index in [1.165, 1.54) is 18.2 Å². The Balaban J connectivity index is 2.54. The third-order valence-corrected chi connectivity index (χ3v) is 2.11. The molecule has 0 spiro atoms. The number of nitrogens with zero attached hydrogens (tertiary/aromatic N) is 1. The highest BCUT2D eigenvalue weighted by atomic mass is 19.1. The fourth-order valence-electron chi connectivity index (χ4n) is 1.35. The molecule has 0 atom stereocenters. The van der Waals surface area contributed by atoms with Crippen molar-refractivity contribution in [3.8, 4) is 11.3 Å². The van der Waals surface area contributed by atoms with E-state index in [0.29, 0.717) is 5.56 Å². The number of rotatable bonds is 2. The first-order chi connectivity index (χ1) is 8.08. The maximum atomic E-state index is 13.0. The Bertz CT molecular complexity index is 637. The zero-order valence-corrected chi connectivity index (χ0v) is 8.48. The van der Waals surface area contributed by atoms with Crippen LogP contribution in [-0.4, -0.2) is 21.0 Å². The van der Waals surface area contributed by atoms with E-state index in [0.717, 1.165) is 12.3 Å². The molecule has 0 aliphatic carbocycles. The Morgan fingerprint density at radius 3 is 2.76 bits per heavy atom. The van der Waals surface area contributed by atoms with Crippen molar-refractivity contribution < 1.29 is 14.3 Å². The van der Waals surface area contributed by atoms with Crippen molar-refractivity contribution in [2.45, 2.75) is 0 Å². The summed E-state index contributed by atoms with van der Waals surface area (Å²) in [6, 6.07) is 5.35. The molecule has 1 aromatic heterocycles. The zero-order valence-electron chi connectivity index (χ0n) is 8.48. The van der Waals surface area contributed by atoms with Gasteiger partial charge in [0.1, 0.15) is 17.2 Å². The van der Waals surface area contributed by atoms with Crippen LogP contribution in [0.2, 0.25) is 0 Å². The van der Waals surface area contributed by atoms with Crippen LogP contribution in [0.15, 0.2) is 35.3 Å². The SMILES string of the molecule is O=C(O)c1cnc(-c2cccc(F)c2)c(=O)[nH]1. The average molecular weight is 234 g/mol. The first-order valence-electron chi connectivity index (χ1n) is 4.66. The number of aromatic amines is 1. The molecule has 1 aromatic carbocycles. The van der Waals surface area contributed by atoms with Crippen LogP contribution in [0.5, 0.6) is 0 Å². The summed E-state index contributed by atoms with van der Waals surface area (Å²) < 4.78 is 13.0. The Morgan fingerprint density at radius 2 is 2.18 bits per heavy atom. The summed E-state index contributed by atoms with van der Waals surface area (Å²) in [6.45, 7) is 0. The van der Waals surface area contributed by atoms with Crippen molar-refractivity contribution in [3.63, 3.8) is 0 Å². The van der Waals surface area contributed by atoms with Gasteiger partial charge in [0.15, 0.2) is 0 Å². The predicted octanol–water partition coefficient (Wildman–Crippen LogP) is 1.27. The standard InChI is InChI=1S/C11H7FN2O3/c12-7-3-1-2-6(4-7)9-10(15)14-8(5-13-9)11(16)17/h1-5H,(H,14,15)(H,16,17). The molecule has 0 bridgehead atoms. The molecule has 5 nitrogen and oxygen atoms in total. The molecule has 0 amide bonds. The van der Waals surface area contributed by atoms with Crippen LogP contribution in [0, 0.1) is 5.82 Å². The molecule has 6 heteroatoms. The van der Waals surface area contributed by atoms with Gasteiger partial charge < -0.3 is 10.1 Å². The zero-order chi connectivity index (χ0) is 12.4. The topological polar surface area (TPSA) is 83.0 Å². The number of halogens is 1. The Hall–Kier alpha value is -2.50. The largest absolute Gasteiger partial charge is 0.477 e. The fourth-order valence-corrected chi connectivity index (χ4v) is 1.35. The maximum absolute atomic E-state index is 13.0. The number of H-pyrrole nitrogens is 1. The predicted molar refractivity (Wildman–Crippen MR) is 57.2 cm³/mol. The monoisotopic (exact) mass is 234 g/mol. The van der Waals surface area contributed by atoms with Crippen LogP contribution < -0.4 is 5.56 Å². The van der Waals surface area contributed by atoms with Gasteiger partial charge in [-0.05, 0) is 12.1 Å².